The fraction of sp³-hybridized carbons (Fsp3) is 0.138. The summed E-state index contributed by atoms with van der Waals surface area (Å²) < 4.78 is 11.5. The van der Waals surface area contributed by atoms with Gasteiger partial charge in [-0.05, 0) is 48.4 Å². The number of aryl methyl sites for hydroxylation is 1. The Hall–Kier alpha value is -4.10. The maximum Gasteiger partial charge on any atom is 0.283 e. The van der Waals surface area contributed by atoms with Crippen LogP contribution in [0.1, 0.15) is 23.1 Å². The van der Waals surface area contributed by atoms with Crippen molar-refractivity contribution in [3.05, 3.63) is 107 Å². The van der Waals surface area contributed by atoms with Crippen LogP contribution >= 0.6 is 11.8 Å². The number of nitrogens with one attached hydrogen (secondary N) is 1. The highest BCUT2D eigenvalue weighted by molar-refractivity contribution is 8.17. The summed E-state index contributed by atoms with van der Waals surface area (Å²) in [7, 11) is 0. The summed E-state index contributed by atoms with van der Waals surface area (Å²) in [5.41, 5.74) is 4.08. The first-order chi connectivity index (χ1) is 17.6. The molecule has 6 nitrogen and oxygen atoms in total. The summed E-state index contributed by atoms with van der Waals surface area (Å²) in [6.07, 6.45) is 2.46. The van der Waals surface area contributed by atoms with E-state index in [4.69, 9.17) is 14.9 Å². The number of amides is 1. The Bertz CT molecular complexity index is 1360. The molecule has 36 heavy (non-hydrogen) atoms. The van der Waals surface area contributed by atoms with Gasteiger partial charge in [0.25, 0.3) is 5.91 Å². The molecule has 0 aromatic heterocycles. The number of nitrogens with zero attached hydrogens (tertiary/aromatic N) is 2. The minimum atomic E-state index is -0.407. The molecule has 0 fully saturated rings. The number of benzene rings is 3. The summed E-state index contributed by atoms with van der Waals surface area (Å²) in [4.78, 5) is 18.6. The number of thioether (sulfide) groups is 1. The third kappa shape index (κ3) is 5.26. The number of fused-ring (bicyclic) bond motifs is 1. The maximum atomic E-state index is 12.7. The van der Waals surface area contributed by atoms with E-state index in [9.17, 15) is 4.79 Å². The number of carbonyl (C=O) groups excluding carboxylic acids is 1. The smallest absolute Gasteiger partial charge is 0.283 e. The molecule has 1 N–H and O–H groups in total. The Morgan fingerprint density at radius 2 is 1.56 bits per heavy atom. The van der Waals surface area contributed by atoms with Gasteiger partial charge in [-0.2, -0.15) is 4.99 Å². The quantitative estimate of drug-likeness (QED) is 0.300. The van der Waals surface area contributed by atoms with Crippen molar-refractivity contribution in [2.24, 2.45) is 4.99 Å². The van der Waals surface area contributed by atoms with Crippen LogP contribution in [0.15, 0.2) is 94.8 Å². The van der Waals surface area contributed by atoms with E-state index in [0.717, 1.165) is 34.7 Å². The molecule has 7 heteroatoms. The van der Waals surface area contributed by atoms with Crippen LogP contribution < -0.4 is 9.47 Å². The van der Waals surface area contributed by atoms with Crippen molar-refractivity contribution in [2.45, 2.75) is 13.3 Å². The van der Waals surface area contributed by atoms with E-state index in [1.807, 2.05) is 91.2 Å². The molecule has 0 aliphatic carbocycles. The second-order valence-corrected chi connectivity index (χ2v) is 9.20. The lowest BCUT2D eigenvalue weighted by Gasteiger charge is -2.26. The fourth-order valence-corrected chi connectivity index (χ4v) is 4.70. The van der Waals surface area contributed by atoms with E-state index in [1.54, 1.807) is 11.0 Å². The van der Waals surface area contributed by atoms with E-state index in [-0.39, 0.29) is 11.4 Å². The van der Waals surface area contributed by atoms with Gasteiger partial charge >= 0.3 is 0 Å². The van der Waals surface area contributed by atoms with Crippen molar-refractivity contribution in [1.82, 2.24) is 4.90 Å². The predicted molar refractivity (Wildman–Crippen MR) is 145 cm³/mol. The summed E-state index contributed by atoms with van der Waals surface area (Å²) in [5.74, 6) is 1.31. The highest BCUT2D eigenvalue weighted by Gasteiger charge is 2.36. The van der Waals surface area contributed by atoms with Gasteiger partial charge in [-0.1, -0.05) is 71.9 Å². The lowest BCUT2D eigenvalue weighted by molar-refractivity contribution is -0.114. The van der Waals surface area contributed by atoms with Crippen molar-refractivity contribution in [2.75, 3.05) is 13.2 Å². The largest absolute Gasteiger partial charge is 0.493 e. The predicted octanol–water partition coefficient (Wildman–Crippen LogP) is 6.15. The second kappa shape index (κ2) is 10.7. The first-order valence-corrected chi connectivity index (χ1v) is 12.5. The standard InChI is InChI=1S/C29H25N3O3S/c1-20-8-12-23(13-9-20)34-16-5-17-35-24-14-10-21(11-15-24)18-25-27(30)32-26(22-6-3-2-4-7-22)19-36-29(32)31-28(25)33/h2-4,6-15,18-19,30H,5,16-17H2,1H3/b25-18+,30-27?. The zero-order valence-electron chi connectivity index (χ0n) is 19.8. The number of rotatable bonds is 8. The highest BCUT2D eigenvalue weighted by Crippen LogP contribution is 2.37. The van der Waals surface area contributed by atoms with Crippen LogP contribution in [0.5, 0.6) is 11.5 Å². The van der Waals surface area contributed by atoms with E-state index in [0.29, 0.717) is 18.4 Å². The number of ether oxygens (including phenoxy) is 2. The SMILES string of the molecule is Cc1ccc(OCCCOc2ccc(/C=C3\C(=N)N4C(c5ccccc5)=CSC4=NC3=O)cc2)cc1. The average molecular weight is 496 g/mol. The zero-order valence-corrected chi connectivity index (χ0v) is 20.6. The molecule has 3 aromatic carbocycles. The van der Waals surface area contributed by atoms with Crippen LogP contribution in [0.25, 0.3) is 11.8 Å². The minimum Gasteiger partial charge on any atom is -0.493 e. The van der Waals surface area contributed by atoms with Crippen molar-refractivity contribution in [3.8, 4) is 11.5 Å². The molecule has 2 heterocycles. The second-order valence-electron chi connectivity index (χ2n) is 8.36. The highest BCUT2D eigenvalue weighted by atomic mass is 32.2. The molecular formula is C29H25N3O3S. The van der Waals surface area contributed by atoms with Gasteiger partial charge in [-0.25, -0.2) is 0 Å². The van der Waals surface area contributed by atoms with Crippen molar-refractivity contribution in [1.29, 1.82) is 5.41 Å². The van der Waals surface area contributed by atoms with Crippen LogP contribution in [0, 0.1) is 12.3 Å². The van der Waals surface area contributed by atoms with E-state index < -0.39 is 5.91 Å². The number of hydrogen-bond acceptors (Lipinski definition) is 5. The number of aliphatic imine (C=N–C) groups is 1. The van der Waals surface area contributed by atoms with Gasteiger partial charge in [0.2, 0.25) is 0 Å². The zero-order chi connectivity index (χ0) is 24.9. The van der Waals surface area contributed by atoms with Gasteiger partial charge in [-0.15, -0.1) is 0 Å². The summed E-state index contributed by atoms with van der Waals surface area (Å²) >= 11 is 1.36. The molecule has 180 valence electrons. The van der Waals surface area contributed by atoms with Gasteiger partial charge in [0.1, 0.15) is 17.3 Å². The minimum absolute atomic E-state index is 0.124. The van der Waals surface area contributed by atoms with E-state index >= 15 is 0 Å². The lowest BCUT2D eigenvalue weighted by atomic mass is 10.1. The summed E-state index contributed by atoms with van der Waals surface area (Å²) in [5, 5.41) is 11.2. The van der Waals surface area contributed by atoms with E-state index in [1.165, 1.54) is 17.3 Å². The first kappa shape index (κ1) is 23.6. The van der Waals surface area contributed by atoms with Crippen LogP contribution in [0.3, 0.4) is 0 Å². The van der Waals surface area contributed by atoms with Gasteiger partial charge in [-0.3, -0.25) is 15.1 Å². The molecule has 3 aromatic rings. The van der Waals surface area contributed by atoms with Crippen molar-refractivity contribution < 1.29 is 14.3 Å². The molecule has 0 atom stereocenters. The van der Waals surface area contributed by atoms with Crippen LogP contribution in [0.2, 0.25) is 0 Å². The number of carbonyl (C=O) groups is 1. The topological polar surface area (TPSA) is 75.0 Å². The molecule has 1 amide bonds. The monoisotopic (exact) mass is 495 g/mol. The molecule has 0 saturated heterocycles. The molecule has 0 unspecified atom stereocenters. The number of amidine groups is 2. The van der Waals surface area contributed by atoms with Crippen LogP contribution in [-0.2, 0) is 4.79 Å². The Labute approximate surface area is 214 Å². The van der Waals surface area contributed by atoms with Crippen LogP contribution in [0.4, 0.5) is 0 Å². The average Bonchev–Trinajstić information content (AvgIpc) is 3.33. The molecule has 2 aliphatic heterocycles. The Morgan fingerprint density at radius 1 is 0.917 bits per heavy atom. The summed E-state index contributed by atoms with van der Waals surface area (Å²) in [6.45, 7) is 3.16. The third-order valence-corrected chi connectivity index (χ3v) is 6.55. The molecule has 0 saturated carbocycles. The molecule has 2 aliphatic rings. The number of hydrogen-bond donors (Lipinski definition) is 1. The van der Waals surface area contributed by atoms with Gasteiger partial charge in [0, 0.05) is 11.8 Å². The molecule has 0 bridgehead atoms. The molecule has 5 rings (SSSR count). The van der Waals surface area contributed by atoms with Crippen molar-refractivity contribution in [3.63, 3.8) is 0 Å². The normalized spacial score (nSPS) is 16.0. The molecule has 0 radical (unpaired) electrons. The van der Waals surface area contributed by atoms with Gasteiger partial charge in [0.15, 0.2) is 5.17 Å². The van der Waals surface area contributed by atoms with Crippen LogP contribution in [-0.4, -0.2) is 35.0 Å². The Kier molecular flexibility index (Phi) is 7.00. The Morgan fingerprint density at radius 3 is 2.22 bits per heavy atom. The molecule has 0 spiro atoms. The van der Waals surface area contributed by atoms with Gasteiger partial charge in [0.05, 0.1) is 24.5 Å². The first-order valence-electron chi connectivity index (χ1n) is 11.7. The lowest BCUT2D eigenvalue weighted by Crippen LogP contribution is -2.38. The Balaban J connectivity index is 1.19. The third-order valence-electron chi connectivity index (χ3n) is 5.72. The molecular weight excluding hydrogens is 470 g/mol. The fourth-order valence-electron chi connectivity index (χ4n) is 3.81. The summed E-state index contributed by atoms with van der Waals surface area (Å²) in [6, 6.07) is 25.3. The van der Waals surface area contributed by atoms with Gasteiger partial charge < -0.3 is 9.47 Å². The van der Waals surface area contributed by atoms with Crippen molar-refractivity contribution >= 4 is 40.4 Å². The maximum absolute atomic E-state index is 12.7. The van der Waals surface area contributed by atoms with E-state index in [2.05, 4.69) is 4.99 Å².